The van der Waals surface area contributed by atoms with E-state index in [2.05, 4.69) is 0 Å². The van der Waals surface area contributed by atoms with E-state index >= 15 is 0 Å². The van der Waals surface area contributed by atoms with E-state index in [1.807, 2.05) is 19.1 Å². The van der Waals surface area contributed by atoms with Gasteiger partial charge < -0.3 is 9.47 Å². The quantitative estimate of drug-likeness (QED) is 0.320. The molecule has 0 bridgehead atoms. The zero-order valence-electron chi connectivity index (χ0n) is 13.5. The van der Waals surface area contributed by atoms with E-state index in [-0.39, 0.29) is 23.9 Å². The van der Waals surface area contributed by atoms with Crippen molar-refractivity contribution >= 4 is 23.5 Å². The topological polar surface area (TPSA) is 52.6 Å². The van der Waals surface area contributed by atoms with E-state index in [4.69, 9.17) is 21.1 Å². The number of rotatable bonds is 7. The van der Waals surface area contributed by atoms with Crippen LogP contribution in [0.25, 0.3) is 0 Å². The number of alkyl halides is 1. The molecule has 126 valence electrons. The molecular formula is C19H19ClO4. The normalized spacial score (nSPS) is 10.2. The zero-order chi connectivity index (χ0) is 17.4. The summed E-state index contributed by atoms with van der Waals surface area (Å²) in [5.74, 6) is 0.0834. The van der Waals surface area contributed by atoms with Crippen LogP contribution in [0, 0.1) is 6.92 Å². The van der Waals surface area contributed by atoms with Gasteiger partial charge in [-0.15, -0.1) is 11.6 Å². The van der Waals surface area contributed by atoms with Gasteiger partial charge in [0.25, 0.3) is 0 Å². The van der Waals surface area contributed by atoms with E-state index in [0.717, 1.165) is 12.0 Å². The minimum absolute atomic E-state index is 0.216. The Balaban J connectivity index is 2.04. The first-order valence-corrected chi connectivity index (χ1v) is 8.28. The second-order valence-corrected chi connectivity index (χ2v) is 5.70. The van der Waals surface area contributed by atoms with Crippen molar-refractivity contribution in [2.75, 3.05) is 5.88 Å². The van der Waals surface area contributed by atoms with Crippen LogP contribution in [-0.4, -0.2) is 17.8 Å². The summed E-state index contributed by atoms with van der Waals surface area (Å²) in [7, 11) is 0. The maximum atomic E-state index is 12.2. The van der Waals surface area contributed by atoms with Gasteiger partial charge in [0.1, 0.15) is 0 Å². The summed E-state index contributed by atoms with van der Waals surface area (Å²) in [6.45, 7) is 1.94. The maximum absolute atomic E-state index is 12.2. The Morgan fingerprint density at radius 3 is 2.17 bits per heavy atom. The molecule has 0 aromatic heterocycles. The Kier molecular flexibility index (Phi) is 6.82. The first-order valence-electron chi connectivity index (χ1n) is 7.74. The van der Waals surface area contributed by atoms with Crippen LogP contribution in [0.15, 0.2) is 48.5 Å². The fraction of sp³-hybridized carbons (Fsp3) is 0.263. The van der Waals surface area contributed by atoms with Crippen molar-refractivity contribution in [3.63, 3.8) is 0 Å². The summed E-state index contributed by atoms with van der Waals surface area (Å²) in [6, 6.07) is 13.7. The van der Waals surface area contributed by atoms with Crippen molar-refractivity contribution in [1.82, 2.24) is 0 Å². The van der Waals surface area contributed by atoms with Crippen molar-refractivity contribution < 1.29 is 19.1 Å². The number of para-hydroxylation sites is 2. The fourth-order valence-electron chi connectivity index (χ4n) is 2.00. The number of aryl methyl sites for hydroxylation is 1. The molecule has 0 aliphatic rings. The van der Waals surface area contributed by atoms with Crippen LogP contribution in [0.1, 0.15) is 35.2 Å². The van der Waals surface area contributed by atoms with Crippen LogP contribution < -0.4 is 9.47 Å². The molecule has 2 rings (SSSR count). The second kappa shape index (κ2) is 9.08. The van der Waals surface area contributed by atoms with E-state index in [1.165, 1.54) is 0 Å². The molecule has 0 aliphatic heterocycles. The van der Waals surface area contributed by atoms with Gasteiger partial charge in [0.15, 0.2) is 11.5 Å². The van der Waals surface area contributed by atoms with Gasteiger partial charge in [0.05, 0.1) is 5.56 Å². The molecule has 5 heteroatoms. The van der Waals surface area contributed by atoms with Crippen molar-refractivity contribution in [2.45, 2.75) is 26.2 Å². The Labute approximate surface area is 146 Å². The lowest BCUT2D eigenvalue weighted by Crippen LogP contribution is -2.12. The molecule has 0 fully saturated rings. The highest BCUT2D eigenvalue weighted by Gasteiger charge is 2.14. The second-order valence-electron chi connectivity index (χ2n) is 5.32. The number of carbonyl (C=O) groups excluding carboxylic acids is 2. The smallest absolute Gasteiger partial charge is 0.343 e. The number of benzene rings is 2. The van der Waals surface area contributed by atoms with Crippen LogP contribution in [0.5, 0.6) is 11.5 Å². The van der Waals surface area contributed by atoms with E-state index in [0.29, 0.717) is 17.9 Å². The van der Waals surface area contributed by atoms with Crippen LogP contribution in [0.4, 0.5) is 0 Å². The molecule has 0 heterocycles. The number of unbranched alkanes of at least 4 members (excludes halogenated alkanes) is 1. The minimum Gasteiger partial charge on any atom is -0.423 e. The molecule has 24 heavy (non-hydrogen) atoms. The summed E-state index contributed by atoms with van der Waals surface area (Å²) in [5, 5.41) is 0. The van der Waals surface area contributed by atoms with Crippen molar-refractivity contribution in [1.29, 1.82) is 0 Å². The van der Waals surface area contributed by atoms with Crippen molar-refractivity contribution in [2.24, 2.45) is 0 Å². The summed E-state index contributed by atoms with van der Waals surface area (Å²) in [4.78, 5) is 24.0. The van der Waals surface area contributed by atoms with Crippen LogP contribution in [0.2, 0.25) is 0 Å². The van der Waals surface area contributed by atoms with Gasteiger partial charge in [-0.3, -0.25) is 4.79 Å². The molecule has 4 nitrogen and oxygen atoms in total. The lowest BCUT2D eigenvalue weighted by Gasteiger charge is -2.10. The average molecular weight is 347 g/mol. The summed E-state index contributed by atoms with van der Waals surface area (Å²) < 4.78 is 10.6. The predicted octanol–water partition coefficient (Wildman–Crippen LogP) is 4.53. The molecule has 0 atom stereocenters. The fourth-order valence-corrected chi connectivity index (χ4v) is 2.19. The number of halogens is 1. The van der Waals surface area contributed by atoms with Gasteiger partial charge in [-0.2, -0.15) is 0 Å². The zero-order valence-corrected chi connectivity index (χ0v) is 14.2. The number of carbonyl (C=O) groups is 2. The van der Waals surface area contributed by atoms with E-state index < -0.39 is 5.97 Å². The third kappa shape index (κ3) is 5.39. The first kappa shape index (κ1) is 18.0. The van der Waals surface area contributed by atoms with Crippen molar-refractivity contribution in [3.05, 3.63) is 59.7 Å². The largest absolute Gasteiger partial charge is 0.423 e. The maximum Gasteiger partial charge on any atom is 0.343 e. The molecular weight excluding hydrogens is 328 g/mol. The van der Waals surface area contributed by atoms with Crippen LogP contribution in [0.3, 0.4) is 0 Å². The minimum atomic E-state index is -0.499. The molecule has 0 N–H and O–H groups in total. The van der Waals surface area contributed by atoms with Gasteiger partial charge >= 0.3 is 11.9 Å². The Morgan fingerprint density at radius 2 is 1.54 bits per heavy atom. The highest BCUT2D eigenvalue weighted by atomic mass is 35.5. The number of esters is 2. The van der Waals surface area contributed by atoms with E-state index in [9.17, 15) is 9.59 Å². The molecule has 0 spiro atoms. The van der Waals surface area contributed by atoms with Gasteiger partial charge in [0.2, 0.25) is 0 Å². The molecule has 0 saturated carbocycles. The molecule has 0 aliphatic carbocycles. The number of hydrogen-bond donors (Lipinski definition) is 0. The van der Waals surface area contributed by atoms with Gasteiger partial charge in [-0.25, -0.2) is 4.79 Å². The molecule has 0 unspecified atom stereocenters. The molecule has 2 aromatic carbocycles. The number of ether oxygens (including phenoxy) is 2. The Hall–Kier alpha value is -2.33. The standard InChI is InChI=1S/C19H19ClO4/c1-14-9-11-15(12-10-14)19(22)24-17-7-3-2-6-16(17)23-18(21)8-4-5-13-20/h2-3,6-7,9-12H,4-5,8,13H2,1H3. The average Bonchev–Trinajstić information content (AvgIpc) is 2.57. The third-order valence-electron chi connectivity index (χ3n) is 3.33. The van der Waals surface area contributed by atoms with Crippen LogP contribution in [-0.2, 0) is 4.79 Å². The lowest BCUT2D eigenvalue weighted by atomic mass is 10.1. The molecule has 0 radical (unpaired) electrons. The Morgan fingerprint density at radius 1 is 0.917 bits per heavy atom. The highest BCUT2D eigenvalue weighted by molar-refractivity contribution is 6.17. The van der Waals surface area contributed by atoms with Gasteiger partial charge in [0, 0.05) is 12.3 Å². The third-order valence-corrected chi connectivity index (χ3v) is 3.59. The number of hydrogen-bond acceptors (Lipinski definition) is 4. The lowest BCUT2D eigenvalue weighted by molar-refractivity contribution is -0.134. The van der Waals surface area contributed by atoms with Gasteiger partial charge in [-0.05, 0) is 44.0 Å². The first-order chi connectivity index (χ1) is 11.6. The highest BCUT2D eigenvalue weighted by Crippen LogP contribution is 2.28. The molecule has 0 saturated heterocycles. The predicted molar refractivity (Wildman–Crippen MR) is 92.8 cm³/mol. The molecule has 2 aromatic rings. The summed E-state index contributed by atoms with van der Waals surface area (Å²) >= 11 is 5.59. The monoisotopic (exact) mass is 346 g/mol. The van der Waals surface area contributed by atoms with Crippen molar-refractivity contribution in [3.8, 4) is 11.5 Å². The van der Waals surface area contributed by atoms with E-state index in [1.54, 1.807) is 36.4 Å². The Bertz CT molecular complexity index is 695. The van der Waals surface area contributed by atoms with Gasteiger partial charge in [-0.1, -0.05) is 29.8 Å². The van der Waals surface area contributed by atoms with Crippen LogP contribution >= 0.6 is 11.6 Å². The summed E-state index contributed by atoms with van der Waals surface area (Å²) in [5.41, 5.74) is 1.49. The molecule has 0 amide bonds. The SMILES string of the molecule is Cc1ccc(C(=O)Oc2ccccc2OC(=O)CCCCCl)cc1. The summed E-state index contributed by atoms with van der Waals surface area (Å²) in [6.07, 6.45) is 1.68.